The molecule has 0 aliphatic heterocycles. The highest BCUT2D eigenvalue weighted by Crippen LogP contribution is 2.30. The molecule has 0 aromatic heterocycles. The number of aryl methyl sites for hydroxylation is 1. The van der Waals surface area contributed by atoms with Crippen molar-refractivity contribution >= 4 is 21.6 Å². The van der Waals surface area contributed by atoms with Crippen molar-refractivity contribution in [2.75, 3.05) is 11.4 Å². The fraction of sp³-hybridized carbons (Fsp3) is 0.240. The summed E-state index contributed by atoms with van der Waals surface area (Å²) in [6.45, 7) is 2.31. The zero-order valence-electron chi connectivity index (χ0n) is 18.0. The standard InChI is InChI=1S/C25H25FN2O3S/c1-18-3-15-24(16-4-18)32(30,31)27(2)22-11-7-20(8-12-22)25(29)28(23-13-14-23)17-19-5-9-21(26)10-6-19/h3-12,15-16,23H,13-14,17H2,1-2H3. The maximum Gasteiger partial charge on any atom is 0.264 e. The number of benzene rings is 3. The van der Waals surface area contributed by atoms with Gasteiger partial charge in [-0.1, -0.05) is 29.8 Å². The van der Waals surface area contributed by atoms with Gasteiger partial charge in [-0.2, -0.15) is 0 Å². The first-order valence-corrected chi connectivity index (χ1v) is 11.9. The molecule has 3 aromatic carbocycles. The monoisotopic (exact) mass is 452 g/mol. The zero-order chi connectivity index (χ0) is 22.9. The lowest BCUT2D eigenvalue weighted by atomic mass is 10.1. The summed E-state index contributed by atoms with van der Waals surface area (Å²) in [6.07, 6.45) is 1.89. The number of anilines is 1. The fourth-order valence-electron chi connectivity index (χ4n) is 3.53. The molecule has 0 N–H and O–H groups in total. The van der Waals surface area contributed by atoms with Gasteiger partial charge in [0.1, 0.15) is 5.82 Å². The zero-order valence-corrected chi connectivity index (χ0v) is 18.8. The van der Waals surface area contributed by atoms with Gasteiger partial charge in [0, 0.05) is 25.2 Å². The molecule has 32 heavy (non-hydrogen) atoms. The first-order chi connectivity index (χ1) is 15.3. The number of carbonyl (C=O) groups excluding carboxylic acids is 1. The number of carbonyl (C=O) groups is 1. The van der Waals surface area contributed by atoms with Crippen LogP contribution in [0, 0.1) is 12.7 Å². The number of nitrogens with zero attached hydrogens (tertiary/aromatic N) is 2. The maximum absolute atomic E-state index is 13.2. The lowest BCUT2D eigenvalue weighted by Gasteiger charge is -2.24. The van der Waals surface area contributed by atoms with Gasteiger partial charge >= 0.3 is 0 Å². The van der Waals surface area contributed by atoms with Gasteiger partial charge in [-0.3, -0.25) is 9.10 Å². The van der Waals surface area contributed by atoms with Crippen LogP contribution in [-0.2, 0) is 16.6 Å². The van der Waals surface area contributed by atoms with E-state index < -0.39 is 10.0 Å². The molecule has 0 atom stereocenters. The third-order valence-corrected chi connectivity index (χ3v) is 7.47. The molecule has 0 unspecified atom stereocenters. The Labute approximate surface area is 188 Å². The minimum absolute atomic E-state index is 0.118. The summed E-state index contributed by atoms with van der Waals surface area (Å²) in [6, 6.07) is 19.6. The molecule has 5 nitrogen and oxygen atoms in total. The van der Waals surface area contributed by atoms with Crippen LogP contribution in [0.25, 0.3) is 0 Å². The van der Waals surface area contributed by atoms with Crippen molar-refractivity contribution in [3.63, 3.8) is 0 Å². The normalized spacial score (nSPS) is 13.6. The molecule has 166 valence electrons. The number of sulfonamides is 1. The topological polar surface area (TPSA) is 57.7 Å². The van der Waals surface area contributed by atoms with Crippen molar-refractivity contribution < 1.29 is 17.6 Å². The Hall–Kier alpha value is -3.19. The van der Waals surface area contributed by atoms with Crippen LogP contribution < -0.4 is 4.31 Å². The van der Waals surface area contributed by atoms with Crippen LogP contribution in [0.1, 0.15) is 34.3 Å². The van der Waals surface area contributed by atoms with Gasteiger partial charge in [0.15, 0.2) is 0 Å². The predicted octanol–water partition coefficient (Wildman–Crippen LogP) is 4.76. The summed E-state index contributed by atoms with van der Waals surface area (Å²) < 4.78 is 40.3. The third kappa shape index (κ3) is 4.67. The number of amides is 1. The van der Waals surface area contributed by atoms with Crippen LogP contribution in [0.15, 0.2) is 77.7 Å². The summed E-state index contributed by atoms with van der Waals surface area (Å²) in [4.78, 5) is 15.2. The second kappa shape index (κ2) is 8.74. The Balaban J connectivity index is 1.52. The van der Waals surface area contributed by atoms with E-state index in [9.17, 15) is 17.6 Å². The van der Waals surface area contributed by atoms with Crippen LogP contribution >= 0.6 is 0 Å². The van der Waals surface area contributed by atoms with Crippen molar-refractivity contribution in [2.24, 2.45) is 0 Å². The van der Waals surface area contributed by atoms with E-state index in [1.165, 1.54) is 23.5 Å². The molecule has 0 bridgehead atoms. The summed E-state index contributed by atoms with van der Waals surface area (Å²) in [5.74, 6) is -0.425. The lowest BCUT2D eigenvalue weighted by Crippen LogP contribution is -2.32. The second-order valence-electron chi connectivity index (χ2n) is 8.12. The largest absolute Gasteiger partial charge is 0.331 e. The number of hydrogen-bond acceptors (Lipinski definition) is 3. The SMILES string of the molecule is Cc1ccc(S(=O)(=O)N(C)c2ccc(C(=O)N(Cc3ccc(F)cc3)C3CC3)cc2)cc1. The van der Waals surface area contributed by atoms with Crippen LogP contribution in [0.2, 0.25) is 0 Å². The quantitative estimate of drug-likeness (QED) is 0.519. The van der Waals surface area contributed by atoms with E-state index in [1.54, 1.807) is 65.6 Å². The molecule has 0 heterocycles. The van der Waals surface area contributed by atoms with Gasteiger partial charge in [0.2, 0.25) is 0 Å². The third-order valence-electron chi connectivity index (χ3n) is 5.67. The highest BCUT2D eigenvalue weighted by Gasteiger charge is 2.33. The second-order valence-corrected chi connectivity index (χ2v) is 10.1. The molecule has 1 aliphatic carbocycles. The van der Waals surface area contributed by atoms with E-state index in [0.29, 0.717) is 17.8 Å². The Bertz CT molecular complexity index is 1200. The summed E-state index contributed by atoms with van der Waals surface area (Å²) in [7, 11) is -2.20. The van der Waals surface area contributed by atoms with E-state index in [0.717, 1.165) is 24.0 Å². The average Bonchev–Trinajstić information content (AvgIpc) is 3.63. The van der Waals surface area contributed by atoms with E-state index in [2.05, 4.69) is 0 Å². The summed E-state index contributed by atoms with van der Waals surface area (Å²) >= 11 is 0. The van der Waals surface area contributed by atoms with E-state index in [1.807, 2.05) is 6.92 Å². The smallest absolute Gasteiger partial charge is 0.264 e. The highest BCUT2D eigenvalue weighted by atomic mass is 32.2. The van der Waals surface area contributed by atoms with Crippen LogP contribution in [0.4, 0.5) is 10.1 Å². The van der Waals surface area contributed by atoms with E-state index >= 15 is 0 Å². The molecule has 1 fully saturated rings. The van der Waals surface area contributed by atoms with Gasteiger partial charge in [0.05, 0.1) is 10.6 Å². The predicted molar refractivity (Wildman–Crippen MR) is 123 cm³/mol. The number of hydrogen-bond donors (Lipinski definition) is 0. The van der Waals surface area contributed by atoms with Crippen LogP contribution in [-0.4, -0.2) is 32.3 Å². The van der Waals surface area contributed by atoms with Gasteiger partial charge in [-0.05, 0) is 73.9 Å². The number of halogens is 1. The molecule has 3 aromatic rings. The average molecular weight is 453 g/mol. The molecule has 1 amide bonds. The molecule has 1 aliphatic rings. The Kier molecular flexibility index (Phi) is 6.02. The Morgan fingerprint density at radius 2 is 1.53 bits per heavy atom. The maximum atomic E-state index is 13.2. The van der Waals surface area contributed by atoms with Gasteiger partial charge < -0.3 is 4.90 Å². The Morgan fingerprint density at radius 1 is 0.938 bits per heavy atom. The summed E-state index contributed by atoms with van der Waals surface area (Å²) in [5.41, 5.74) is 2.81. The van der Waals surface area contributed by atoms with Crippen molar-refractivity contribution in [1.82, 2.24) is 4.90 Å². The van der Waals surface area contributed by atoms with Crippen LogP contribution in [0.3, 0.4) is 0 Å². The lowest BCUT2D eigenvalue weighted by molar-refractivity contribution is 0.0730. The number of rotatable bonds is 7. The molecular weight excluding hydrogens is 427 g/mol. The molecule has 7 heteroatoms. The first-order valence-electron chi connectivity index (χ1n) is 10.5. The molecular formula is C25H25FN2O3S. The minimum atomic E-state index is -3.70. The minimum Gasteiger partial charge on any atom is -0.331 e. The molecule has 0 saturated heterocycles. The van der Waals surface area contributed by atoms with Crippen molar-refractivity contribution in [3.8, 4) is 0 Å². The van der Waals surface area contributed by atoms with Gasteiger partial charge in [-0.15, -0.1) is 0 Å². The van der Waals surface area contributed by atoms with E-state index in [-0.39, 0.29) is 22.7 Å². The highest BCUT2D eigenvalue weighted by molar-refractivity contribution is 7.92. The van der Waals surface area contributed by atoms with Gasteiger partial charge in [0.25, 0.3) is 15.9 Å². The Morgan fingerprint density at radius 3 is 2.09 bits per heavy atom. The summed E-state index contributed by atoms with van der Waals surface area (Å²) in [5, 5.41) is 0. The first kappa shape index (κ1) is 22.0. The molecule has 4 rings (SSSR count). The van der Waals surface area contributed by atoms with Crippen LogP contribution in [0.5, 0.6) is 0 Å². The van der Waals surface area contributed by atoms with E-state index in [4.69, 9.17) is 0 Å². The van der Waals surface area contributed by atoms with Crippen molar-refractivity contribution in [2.45, 2.75) is 37.2 Å². The van der Waals surface area contributed by atoms with Crippen molar-refractivity contribution in [1.29, 1.82) is 0 Å². The fourth-order valence-corrected chi connectivity index (χ4v) is 4.72. The molecule has 0 radical (unpaired) electrons. The van der Waals surface area contributed by atoms with Crippen molar-refractivity contribution in [3.05, 3.63) is 95.3 Å². The van der Waals surface area contributed by atoms with Gasteiger partial charge in [-0.25, -0.2) is 12.8 Å². The molecule has 1 saturated carbocycles. The molecule has 0 spiro atoms.